The third-order valence-corrected chi connectivity index (χ3v) is 4.51. The van der Waals surface area contributed by atoms with Gasteiger partial charge in [0.15, 0.2) is 6.23 Å². The van der Waals surface area contributed by atoms with Crippen LogP contribution in [0.1, 0.15) is 5.56 Å². The molecule has 0 amide bonds. The van der Waals surface area contributed by atoms with Crippen LogP contribution in [0.2, 0.25) is 5.02 Å². The lowest BCUT2D eigenvalue weighted by molar-refractivity contribution is 0.230. The van der Waals surface area contributed by atoms with E-state index in [1.54, 1.807) is 0 Å². The van der Waals surface area contributed by atoms with Gasteiger partial charge in [0.25, 0.3) is 0 Å². The molecule has 1 heterocycles. The fourth-order valence-corrected chi connectivity index (χ4v) is 3.25. The Morgan fingerprint density at radius 2 is 1.86 bits per heavy atom. The Bertz CT molecular complexity index is 840. The Hall–Kier alpha value is -2.19. The lowest BCUT2D eigenvalue weighted by Crippen LogP contribution is -2.33. The van der Waals surface area contributed by atoms with Crippen LogP contribution in [0.15, 0.2) is 60.7 Å². The summed E-state index contributed by atoms with van der Waals surface area (Å²) >= 11 is 6.09. The van der Waals surface area contributed by atoms with Crippen molar-refractivity contribution in [1.82, 2.24) is 0 Å². The van der Waals surface area contributed by atoms with Crippen molar-refractivity contribution >= 4 is 28.1 Å². The largest absolute Gasteiger partial charge is 0.468 e. The second-order valence-electron chi connectivity index (χ2n) is 5.64. The molecule has 0 bridgehead atoms. The molecule has 0 saturated heterocycles. The highest BCUT2D eigenvalue weighted by molar-refractivity contribution is 6.31. The summed E-state index contributed by atoms with van der Waals surface area (Å²) < 4.78 is 6.09. The minimum atomic E-state index is -0.000673. The van der Waals surface area contributed by atoms with Crippen molar-refractivity contribution in [3.05, 3.63) is 71.2 Å². The molecule has 1 atom stereocenters. The van der Waals surface area contributed by atoms with Crippen LogP contribution in [-0.4, -0.2) is 13.3 Å². The normalized spacial score (nSPS) is 16.6. The van der Waals surface area contributed by atoms with E-state index in [4.69, 9.17) is 16.3 Å². The summed E-state index contributed by atoms with van der Waals surface area (Å²) in [6.45, 7) is 0. The fourth-order valence-electron chi connectivity index (χ4n) is 3.08. The number of ether oxygens (including phenoxy) is 1. The molecule has 0 N–H and O–H groups in total. The Morgan fingerprint density at radius 3 is 2.77 bits per heavy atom. The van der Waals surface area contributed by atoms with Crippen molar-refractivity contribution in [2.24, 2.45) is 0 Å². The number of likely N-dealkylation sites (N-methyl/N-ethyl adjacent to an activating group) is 1. The van der Waals surface area contributed by atoms with Crippen molar-refractivity contribution in [1.29, 1.82) is 0 Å². The van der Waals surface area contributed by atoms with Crippen LogP contribution in [-0.2, 0) is 6.42 Å². The van der Waals surface area contributed by atoms with Gasteiger partial charge in [0, 0.05) is 18.5 Å². The standard InChI is InChI=1S/C19H16ClNO/c1-21-17-12-15(20)9-10-18(17)22-19(21)11-14-7-4-6-13-5-2-3-8-16(13)14/h2-10,12,19H,11H2,1H3. The Kier molecular flexibility index (Phi) is 3.20. The van der Waals surface area contributed by atoms with Gasteiger partial charge in [-0.15, -0.1) is 0 Å². The third kappa shape index (κ3) is 2.20. The van der Waals surface area contributed by atoms with Crippen LogP contribution in [0.5, 0.6) is 5.75 Å². The number of hydrogen-bond donors (Lipinski definition) is 0. The topological polar surface area (TPSA) is 12.5 Å². The van der Waals surface area contributed by atoms with E-state index < -0.39 is 0 Å². The maximum Gasteiger partial charge on any atom is 0.176 e. The molecule has 1 unspecified atom stereocenters. The number of halogens is 1. The van der Waals surface area contributed by atoms with Crippen LogP contribution >= 0.6 is 11.6 Å². The average Bonchev–Trinajstić information content (AvgIpc) is 2.84. The van der Waals surface area contributed by atoms with E-state index in [2.05, 4.69) is 54.4 Å². The van der Waals surface area contributed by atoms with Crippen LogP contribution in [0.25, 0.3) is 10.8 Å². The van der Waals surface area contributed by atoms with Gasteiger partial charge in [0.1, 0.15) is 5.75 Å². The van der Waals surface area contributed by atoms with Crippen LogP contribution in [0.4, 0.5) is 5.69 Å². The number of fused-ring (bicyclic) bond motifs is 2. The monoisotopic (exact) mass is 309 g/mol. The first kappa shape index (κ1) is 13.5. The average molecular weight is 310 g/mol. The Morgan fingerprint density at radius 1 is 1.05 bits per heavy atom. The quantitative estimate of drug-likeness (QED) is 0.668. The zero-order valence-electron chi connectivity index (χ0n) is 12.3. The predicted molar refractivity (Wildman–Crippen MR) is 91.9 cm³/mol. The highest BCUT2D eigenvalue weighted by atomic mass is 35.5. The van der Waals surface area contributed by atoms with Gasteiger partial charge in [-0.1, -0.05) is 54.1 Å². The Balaban J connectivity index is 1.67. The fraction of sp³-hybridized carbons (Fsp3) is 0.158. The minimum absolute atomic E-state index is 0.000673. The first-order valence-corrected chi connectivity index (χ1v) is 7.76. The summed E-state index contributed by atoms with van der Waals surface area (Å²) in [4.78, 5) is 2.16. The molecule has 0 saturated carbocycles. The molecule has 0 fully saturated rings. The SMILES string of the molecule is CN1c2cc(Cl)ccc2OC1Cc1cccc2ccccc12. The van der Waals surface area contributed by atoms with Gasteiger partial charge < -0.3 is 9.64 Å². The lowest BCUT2D eigenvalue weighted by Gasteiger charge is -2.21. The number of hydrogen-bond acceptors (Lipinski definition) is 2. The van der Waals surface area contributed by atoms with E-state index in [0.717, 1.165) is 22.9 Å². The first-order valence-electron chi connectivity index (χ1n) is 7.38. The molecular formula is C19H16ClNO. The molecule has 0 radical (unpaired) electrons. The van der Waals surface area contributed by atoms with Crippen molar-refractivity contribution in [3.8, 4) is 5.75 Å². The molecular weight excluding hydrogens is 294 g/mol. The number of benzene rings is 3. The highest BCUT2D eigenvalue weighted by Crippen LogP contribution is 2.39. The summed E-state index contributed by atoms with van der Waals surface area (Å²) in [6.07, 6.45) is 0.837. The molecule has 0 spiro atoms. The summed E-state index contributed by atoms with van der Waals surface area (Å²) in [5, 5.41) is 3.29. The molecule has 1 aliphatic rings. The van der Waals surface area contributed by atoms with Crippen LogP contribution in [0.3, 0.4) is 0 Å². The van der Waals surface area contributed by atoms with Crippen LogP contribution < -0.4 is 9.64 Å². The van der Waals surface area contributed by atoms with E-state index in [1.165, 1.54) is 16.3 Å². The summed E-state index contributed by atoms with van der Waals surface area (Å²) in [5.41, 5.74) is 2.35. The molecule has 0 aliphatic carbocycles. The second-order valence-corrected chi connectivity index (χ2v) is 6.07. The summed E-state index contributed by atoms with van der Waals surface area (Å²) in [5.74, 6) is 0.900. The molecule has 4 rings (SSSR count). The maximum atomic E-state index is 6.09. The molecule has 3 aromatic carbocycles. The van der Waals surface area contributed by atoms with Gasteiger partial charge >= 0.3 is 0 Å². The van der Waals surface area contributed by atoms with Gasteiger partial charge in [-0.3, -0.25) is 0 Å². The zero-order chi connectivity index (χ0) is 15.1. The van der Waals surface area contributed by atoms with Crippen molar-refractivity contribution in [2.75, 3.05) is 11.9 Å². The smallest absolute Gasteiger partial charge is 0.176 e. The van der Waals surface area contributed by atoms with Gasteiger partial charge in [-0.2, -0.15) is 0 Å². The predicted octanol–water partition coefficient (Wildman–Crippen LogP) is 4.89. The van der Waals surface area contributed by atoms with E-state index in [9.17, 15) is 0 Å². The number of rotatable bonds is 2. The molecule has 3 aromatic rings. The van der Waals surface area contributed by atoms with E-state index in [-0.39, 0.29) is 6.23 Å². The van der Waals surface area contributed by atoms with E-state index in [0.29, 0.717) is 0 Å². The molecule has 2 nitrogen and oxygen atoms in total. The summed E-state index contributed by atoms with van der Waals surface area (Å²) in [6, 6.07) is 20.7. The first-order chi connectivity index (χ1) is 10.7. The van der Waals surface area contributed by atoms with Crippen molar-refractivity contribution < 1.29 is 4.74 Å². The van der Waals surface area contributed by atoms with Gasteiger partial charge in [-0.25, -0.2) is 0 Å². The maximum absolute atomic E-state index is 6.09. The Labute approximate surface area is 134 Å². The molecule has 22 heavy (non-hydrogen) atoms. The minimum Gasteiger partial charge on any atom is -0.468 e. The molecule has 3 heteroatoms. The summed E-state index contributed by atoms with van der Waals surface area (Å²) in [7, 11) is 2.05. The van der Waals surface area contributed by atoms with Crippen LogP contribution in [0, 0.1) is 0 Å². The van der Waals surface area contributed by atoms with Gasteiger partial charge in [-0.05, 0) is 34.5 Å². The molecule has 110 valence electrons. The third-order valence-electron chi connectivity index (χ3n) is 4.27. The van der Waals surface area contributed by atoms with Gasteiger partial charge in [0.05, 0.1) is 5.69 Å². The van der Waals surface area contributed by atoms with Crippen molar-refractivity contribution in [2.45, 2.75) is 12.6 Å². The lowest BCUT2D eigenvalue weighted by atomic mass is 10.0. The number of nitrogens with zero attached hydrogens (tertiary/aromatic N) is 1. The van der Waals surface area contributed by atoms with Crippen molar-refractivity contribution in [3.63, 3.8) is 0 Å². The molecule has 1 aliphatic heterocycles. The highest BCUT2D eigenvalue weighted by Gasteiger charge is 2.28. The van der Waals surface area contributed by atoms with Gasteiger partial charge in [0.2, 0.25) is 0 Å². The second kappa shape index (κ2) is 5.22. The molecule has 0 aromatic heterocycles. The zero-order valence-corrected chi connectivity index (χ0v) is 13.0. The van der Waals surface area contributed by atoms with E-state index >= 15 is 0 Å². The number of anilines is 1. The van der Waals surface area contributed by atoms with E-state index in [1.807, 2.05) is 18.2 Å².